The Bertz CT molecular complexity index is 736. The minimum Gasteiger partial charge on any atom is -0.376 e. The Labute approximate surface area is 147 Å². The lowest BCUT2D eigenvalue weighted by Gasteiger charge is -2.11. The van der Waals surface area contributed by atoms with Crippen LogP contribution in [0.5, 0.6) is 0 Å². The van der Waals surface area contributed by atoms with Crippen molar-refractivity contribution in [2.24, 2.45) is 0 Å². The van der Waals surface area contributed by atoms with Crippen molar-refractivity contribution in [1.82, 2.24) is 15.1 Å². The number of aromatic nitrogens is 2. The van der Waals surface area contributed by atoms with Crippen LogP contribution in [0.2, 0.25) is 5.02 Å². The molecule has 0 saturated carbocycles. The third kappa shape index (κ3) is 3.79. The first-order valence-electron chi connectivity index (χ1n) is 8.23. The second kappa shape index (κ2) is 7.36. The van der Waals surface area contributed by atoms with Crippen molar-refractivity contribution in [3.05, 3.63) is 51.8 Å². The Morgan fingerprint density at radius 2 is 2.29 bits per heavy atom. The summed E-state index contributed by atoms with van der Waals surface area (Å²) in [5.74, 6) is -0.0706. The molecule has 1 saturated heterocycles. The maximum absolute atomic E-state index is 12.3. The number of carbonyl (C=O) groups excluding carboxylic acids is 1. The number of aryl methyl sites for hydroxylation is 1. The van der Waals surface area contributed by atoms with Crippen LogP contribution in [0.15, 0.2) is 24.3 Å². The van der Waals surface area contributed by atoms with E-state index in [9.17, 15) is 4.79 Å². The molecule has 0 radical (unpaired) electrons. The number of ether oxygens (including phenoxy) is 1. The molecule has 2 heterocycles. The van der Waals surface area contributed by atoms with E-state index in [2.05, 4.69) is 10.4 Å². The highest BCUT2D eigenvalue weighted by Crippen LogP contribution is 2.20. The van der Waals surface area contributed by atoms with Crippen LogP contribution in [-0.4, -0.2) is 34.9 Å². The van der Waals surface area contributed by atoms with Gasteiger partial charge in [-0.1, -0.05) is 23.7 Å². The van der Waals surface area contributed by atoms with Crippen molar-refractivity contribution in [3.63, 3.8) is 0 Å². The lowest BCUT2D eigenvalue weighted by atomic mass is 10.1. The first-order valence-corrected chi connectivity index (χ1v) is 8.60. The van der Waals surface area contributed by atoms with Gasteiger partial charge in [0.25, 0.3) is 5.91 Å². The summed E-state index contributed by atoms with van der Waals surface area (Å²) in [7, 11) is 0. The van der Waals surface area contributed by atoms with Crippen LogP contribution in [-0.2, 0) is 11.3 Å². The zero-order valence-corrected chi connectivity index (χ0v) is 14.8. The van der Waals surface area contributed by atoms with Gasteiger partial charge in [0.05, 0.1) is 29.1 Å². The third-order valence-electron chi connectivity index (χ3n) is 4.33. The molecule has 1 fully saturated rings. The summed E-state index contributed by atoms with van der Waals surface area (Å²) >= 11 is 6.19. The van der Waals surface area contributed by atoms with Gasteiger partial charge in [-0.15, -0.1) is 0 Å². The molecule has 1 unspecified atom stereocenters. The molecule has 6 heteroatoms. The van der Waals surface area contributed by atoms with Crippen molar-refractivity contribution < 1.29 is 9.53 Å². The van der Waals surface area contributed by atoms with Gasteiger partial charge in [0.1, 0.15) is 0 Å². The summed E-state index contributed by atoms with van der Waals surface area (Å²) in [4.78, 5) is 12.3. The SMILES string of the molecule is Cc1nn(Cc2cccc(C(=O)NCC3CCCO3)c2)c(C)c1Cl. The molecule has 128 valence electrons. The normalized spacial score (nSPS) is 17.2. The summed E-state index contributed by atoms with van der Waals surface area (Å²) in [5, 5.41) is 8.08. The van der Waals surface area contributed by atoms with E-state index in [1.807, 2.05) is 42.8 Å². The lowest BCUT2D eigenvalue weighted by molar-refractivity contribution is 0.0857. The van der Waals surface area contributed by atoms with Crippen LogP contribution < -0.4 is 5.32 Å². The second-order valence-electron chi connectivity index (χ2n) is 6.19. The maximum Gasteiger partial charge on any atom is 0.251 e. The number of rotatable bonds is 5. The van der Waals surface area contributed by atoms with E-state index in [4.69, 9.17) is 16.3 Å². The molecule has 1 aromatic carbocycles. The fourth-order valence-electron chi connectivity index (χ4n) is 2.93. The molecule has 1 amide bonds. The Morgan fingerprint density at radius 3 is 2.96 bits per heavy atom. The van der Waals surface area contributed by atoms with Crippen molar-refractivity contribution in [1.29, 1.82) is 0 Å². The summed E-state index contributed by atoms with van der Waals surface area (Å²) in [6.07, 6.45) is 2.23. The molecule has 0 aliphatic carbocycles. The highest BCUT2D eigenvalue weighted by atomic mass is 35.5. The molecule has 1 N–H and O–H groups in total. The Hall–Kier alpha value is -1.85. The van der Waals surface area contributed by atoms with E-state index in [-0.39, 0.29) is 12.0 Å². The molecule has 24 heavy (non-hydrogen) atoms. The summed E-state index contributed by atoms with van der Waals surface area (Å²) in [5.41, 5.74) is 3.42. The lowest BCUT2D eigenvalue weighted by Crippen LogP contribution is -2.31. The standard InChI is InChI=1S/C18H22ClN3O2/c1-12-17(19)13(2)22(21-12)11-14-5-3-6-15(9-14)18(23)20-10-16-7-4-8-24-16/h3,5-6,9,16H,4,7-8,10-11H2,1-2H3,(H,20,23). The van der Waals surface area contributed by atoms with Gasteiger partial charge in [-0.3, -0.25) is 9.48 Å². The number of hydrogen-bond donors (Lipinski definition) is 1. The minimum absolute atomic E-state index is 0.0706. The van der Waals surface area contributed by atoms with Crippen molar-refractivity contribution in [3.8, 4) is 0 Å². The molecule has 1 aliphatic heterocycles. The van der Waals surface area contributed by atoms with Gasteiger partial charge >= 0.3 is 0 Å². The molecule has 0 bridgehead atoms. The average Bonchev–Trinajstić information content (AvgIpc) is 3.18. The fraction of sp³-hybridized carbons (Fsp3) is 0.444. The Balaban J connectivity index is 1.66. The summed E-state index contributed by atoms with van der Waals surface area (Å²) in [6, 6.07) is 7.60. The van der Waals surface area contributed by atoms with E-state index >= 15 is 0 Å². The predicted octanol–water partition coefficient (Wildman–Crippen LogP) is 3.11. The predicted molar refractivity (Wildman–Crippen MR) is 93.6 cm³/mol. The molecular formula is C18H22ClN3O2. The molecule has 1 aliphatic rings. The van der Waals surface area contributed by atoms with Gasteiger partial charge in [0.2, 0.25) is 0 Å². The van der Waals surface area contributed by atoms with Gasteiger partial charge in [-0.25, -0.2) is 0 Å². The zero-order valence-electron chi connectivity index (χ0n) is 14.0. The number of hydrogen-bond acceptors (Lipinski definition) is 3. The number of nitrogens with zero attached hydrogens (tertiary/aromatic N) is 2. The smallest absolute Gasteiger partial charge is 0.251 e. The first-order chi connectivity index (χ1) is 11.5. The van der Waals surface area contributed by atoms with Crippen LogP contribution >= 0.6 is 11.6 Å². The monoisotopic (exact) mass is 347 g/mol. The topological polar surface area (TPSA) is 56.2 Å². The second-order valence-corrected chi connectivity index (χ2v) is 6.57. The molecule has 1 aromatic heterocycles. The zero-order chi connectivity index (χ0) is 17.1. The quantitative estimate of drug-likeness (QED) is 0.904. The van der Waals surface area contributed by atoms with Crippen molar-refractivity contribution in [2.45, 2.75) is 39.3 Å². The van der Waals surface area contributed by atoms with Crippen LogP contribution in [0.4, 0.5) is 0 Å². The highest BCUT2D eigenvalue weighted by molar-refractivity contribution is 6.31. The van der Waals surface area contributed by atoms with E-state index in [1.54, 1.807) is 0 Å². The largest absolute Gasteiger partial charge is 0.376 e. The van der Waals surface area contributed by atoms with Gasteiger partial charge < -0.3 is 10.1 Å². The van der Waals surface area contributed by atoms with Crippen LogP contribution in [0.3, 0.4) is 0 Å². The van der Waals surface area contributed by atoms with E-state index < -0.39 is 0 Å². The molecule has 1 atom stereocenters. The third-order valence-corrected chi connectivity index (χ3v) is 4.88. The first kappa shape index (κ1) is 17.0. The summed E-state index contributed by atoms with van der Waals surface area (Å²) < 4.78 is 7.39. The maximum atomic E-state index is 12.3. The van der Waals surface area contributed by atoms with Gasteiger partial charge in [0.15, 0.2) is 0 Å². The highest BCUT2D eigenvalue weighted by Gasteiger charge is 2.17. The van der Waals surface area contributed by atoms with Gasteiger partial charge in [-0.05, 0) is 44.4 Å². The van der Waals surface area contributed by atoms with E-state index in [0.29, 0.717) is 23.7 Å². The fourth-order valence-corrected chi connectivity index (χ4v) is 3.06. The number of halogens is 1. The van der Waals surface area contributed by atoms with Crippen LogP contribution in [0.1, 0.15) is 40.2 Å². The molecule has 5 nitrogen and oxygen atoms in total. The number of carbonyl (C=O) groups is 1. The van der Waals surface area contributed by atoms with Crippen LogP contribution in [0, 0.1) is 13.8 Å². The van der Waals surface area contributed by atoms with Crippen molar-refractivity contribution in [2.75, 3.05) is 13.2 Å². The van der Waals surface area contributed by atoms with Gasteiger partial charge in [-0.2, -0.15) is 5.10 Å². The van der Waals surface area contributed by atoms with Crippen LogP contribution in [0.25, 0.3) is 0 Å². The van der Waals surface area contributed by atoms with E-state index in [0.717, 1.165) is 36.4 Å². The average molecular weight is 348 g/mol. The molecule has 0 spiro atoms. The molecular weight excluding hydrogens is 326 g/mol. The number of nitrogens with one attached hydrogen (secondary N) is 1. The Morgan fingerprint density at radius 1 is 1.46 bits per heavy atom. The van der Waals surface area contributed by atoms with E-state index in [1.165, 1.54) is 0 Å². The Kier molecular flexibility index (Phi) is 5.21. The van der Waals surface area contributed by atoms with Gasteiger partial charge in [0, 0.05) is 18.7 Å². The minimum atomic E-state index is -0.0706. The molecule has 3 rings (SSSR count). The molecule has 2 aromatic rings. The number of amides is 1. The van der Waals surface area contributed by atoms with Crippen molar-refractivity contribution >= 4 is 17.5 Å². The summed E-state index contributed by atoms with van der Waals surface area (Å²) in [6.45, 7) is 5.78. The number of benzene rings is 1.